The van der Waals surface area contributed by atoms with Crippen LogP contribution in [0.15, 0.2) is 71.7 Å². The maximum Gasteiger partial charge on any atom is 0.343 e. The van der Waals surface area contributed by atoms with Gasteiger partial charge in [-0.3, -0.25) is 19.5 Å². The maximum absolute atomic E-state index is 17.4. The molecule has 10 heterocycles. The summed E-state index contributed by atoms with van der Waals surface area (Å²) in [5.74, 6) is -0.959. The summed E-state index contributed by atoms with van der Waals surface area (Å²) in [5.41, 5.74) is -0.989. The number of nitrogens with one attached hydrogen (secondary N) is 1. The molecule has 7 aromatic rings. The van der Waals surface area contributed by atoms with Gasteiger partial charge in [-0.2, -0.15) is 9.97 Å². The van der Waals surface area contributed by atoms with Gasteiger partial charge in [0.25, 0.3) is 11.5 Å². The van der Waals surface area contributed by atoms with Crippen molar-refractivity contribution in [2.45, 2.75) is 88.0 Å². The predicted molar refractivity (Wildman–Crippen MR) is 276 cm³/mol. The highest BCUT2D eigenvalue weighted by molar-refractivity contribution is 6.03. The minimum absolute atomic E-state index is 0.00528. The summed E-state index contributed by atoms with van der Waals surface area (Å²) >= 11 is 0. The molecule has 5 unspecified atom stereocenters. The summed E-state index contributed by atoms with van der Waals surface area (Å²) in [7, 11) is 0. The number of aliphatic hydroxyl groups is 1. The monoisotopic (exact) mass is 1050 g/mol. The van der Waals surface area contributed by atoms with Crippen LogP contribution in [0.4, 0.5) is 29.1 Å². The number of phenols is 1. The van der Waals surface area contributed by atoms with E-state index in [9.17, 15) is 29.0 Å². The first-order valence-corrected chi connectivity index (χ1v) is 25.7. The quantitative estimate of drug-likeness (QED) is 0.0543. The Morgan fingerprint density at radius 2 is 1.82 bits per heavy atom. The lowest BCUT2D eigenvalue weighted by Gasteiger charge is -2.42. The summed E-state index contributed by atoms with van der Waals surface area (Å²) in [6.45, 7) is 7.19. The number of ether oxygens (including phenoxy) is 2. The van der Waals surface area contributed by atoms with Crippen LogP contribution < -0.4 is 20.5 Å². The Labute approximate surface area is 437 Å². The molecule has 0 saturated carbocycles. The second kappa shape index (κ2) is 17.7. The highest BCUT2D eigenvalue weighted by atomic mass is 19.1. The number of hydrogen-bond acceptors (Lipinski definition) is 14. The van der Waals surface area contributed by atoms with Gasteiger partial charge in [0.2, 0.25) is 0 Å². The molecular weight excluding hydrogens is 999 g/mol. The highest BCUT2D eigenvalue weighted by Gasteiger charge is 2.50. The number of fused-ring (bicyclic) bond motifs is 10. The van der Waals surface area contributed by atoms with Gasteiger partial charge in [0.05, 0.1) is 63.3 Å². The molecule has 0 aliphatic carbocycles. The second-order valence-corrected chi connectivity index (χ2v) is 21.1. The Morgan fingerprint density at radius 1 is 1.01 bits per heavy atom. The van der Waals surface area contributed by atoms with E-state index >= 15 is 13.2 Å². The van der Waals surface area contributed by atoms with Crippen molar-refractivity contribution in [2.75, 3.05) is 49.5 Å². The number of terminal acetylenes is 1. The average Bonchev–Trinajstić information content (AvgIpc) is 4.33. The molecule has 13 rings (SSSR count). The molecule has 5 atom stereocenters. The fourth-order valence-corrected chi connectivity index (χ4v) is 12.9. The topological polar surface area (TPSA) is 188 Å². The Hall–Kier alpha value is -8.15. The van der Waals surface area contributed by atoms with Gasteiger partial charge >= 0.3 is 12.0 Å². The molecule has 392 valence electrons. The van der Waals surface area contributed by atoms with Gasteiger partial charge in [-0.25, -0.2) is 27.3 Å². The SMILES string of the molecule is C#Cc1c(F)ccc2cc(O)cc(-c3ncc4c(N5CC6CCC(C5)N6C(=O)C(=C)CNc5cc6cc7c(nc6cc5F)-c5cc6c(c(=O)n5C7)COC(=O)C6(O)CC)nc(OCC56CCCN5CC(F)C6)nc4c3F)c12. The fourth-order valence-electron chi connectivity index (χ4n) is 12.9. The van der Waals surface area contributed by atoms with Gasteiger partial charge in [0, 0.05) is 77.9 Å². The van der Waals surface area contributed by atoms with Gasteiger partial charge in [0.15, 0.2) is 11.4 Å². The van der Waals surface area contributed by atoms with Gasteiger partial charge in [-0.1, -0.05) is 25.5 Å². The van der Waals surface area contributed by atoms with E-state index in [1.807, 2.05) is 11.0 Å². The average molecular weight is 1050 g/mol. The molecule has 20 heteroatoms. The molecule has 1 amide bonds. The van der Waals surface area contributed by atoms with E-state index in [4.69, 9.17) is 25.9 Å². The third-order valence-corrected chi connectivity index (χ3v) is 16.7. The van der Waals surface area contributed by atoms with Gasteiger partial charge < -0.3 is 39.4 Å². The van der Waals surface area contributed by atoms with Crippen LogP contribution in [0.2, 0.25) is 0 Å². The van der Waals surface area contributed by atoms with E-state index in [-0.39, 0.29) is 137 Å². The van der Waals surface area contributed by atoms with Crippen molar-refractivity contribution >= 4 is 56.0 Å². The highest BCUT2D eigenvalue weighted by Crippen LogP contribution is 2.44. The molecule has 6 aliphatic rings. The minimum Gasteiger partial charge on any atom is -0.508 e. The molecule has 0 spiro atoms. The van der Waals surface area contributed by atoms with Crippen molar-refractivity contribution in [3.8, 4) is 46.7 Å². The number of amides is 1. The summed E-state index contributed by atoms with van der Waals surface area (Å²) in [5, 5.41) is 26.4. The number of nitrogens with zero attached hydrogens (tertiary/aromatic N) is 8. The molecule has 77 heavy (non-hydrogen) atoms. The number of hydrogen-bond donors (Lipinski definition) is 3. The molecule has 6 aliphatic heterocycles. The Balaban J connectivity index is 0.765. The molecule has 4 saturated heterocycles. The van der Waals surface area contributed by atoms with E-state index in [0.29, 0.717) is 64.9 Å². The number of anilines is 2. The number of carbonyl (C=O) groups is 2. The molecular formula is C57H49F4N9O7. The number of benzene rings is 3. The number of cyclic esters (lactones) is 1. The van der Waals surface area contributed by atoms with Crippen LogP contribution in [0.3, 0.4) is 0 Å². The largest absolute Gasteiger partial charge is 0.508 e. The number of halogens is 4. The van der Waals surface area contributed by atoms with Crippen molar-refractivity contribution < 1.29 is 46.8 Å². The lowest BCUT2D eigenvalue weighted by molar-refractivity contribution is -0.172. The summed E-state index contributed by atoms with van der Waals surface area (Å²) < 4.78 is 76.3. The van der Waals surface area contributed by atoms with E-state index < -0.39 is 46.3 Å². The Bertz CT molecular complexity index is 3870. The van der Waals surface area contributed by atoms with E-state index in [1.54, 1.807) is 24.0 Å². The molecule has 0 radical (unpaired) electrons. The lowest BCUT2D eigenvalue weighted by atomic mass is 9.86. The van der Waals surface area contributed by atoms with E-state index in [0.717, 1.165) is 13.0 Å². The minimum atomic E-state index is -1.99. The van der Waals surface area contributed by atoms with E-state index in [2.05, 4.69) is 32.7 Å². The first-order valence-electron chi connectivity index (χ1n) is 25.7. The van der Waals surface area contributed by atoms with Crippen molar-refractivity contribution in [3.05, 3.63) is 117 Å². The van der Waals surface area contributed by atoms with E-state index in [1.165, 1.54) is 41.1 Å². The number of phenolic OH excluding ortho intramolecular Hbond substituents is 1. The van der Waals surface area contributed by atoms with Crippen molar-refractivity contribution in [1.82, 2.24) is 34.3 Å². The second-order valence-electron chi connectivity index (χ2n) is 21.1. The van der Waals surface area contributed by atoms with Crippen LogP contribution >= 0.6 is 0 Å². The molecule has 3 N–H and O–H groups in total. The number of aromatic nitrogens is 5. The van der Waals surface area contributed by atoms with Crippen LogP contribution in [0, 0.1) is 29.8 Å². The summed E-state index contributed by atoms with van der Waals surface area (Å²) in [4.78, 5) is 65.2. The third kappa shape index (κ3) is 7.52. The number of piperazine rings is 1. The zero-order chi connectivity index (χ0) is 53.4. The van der Waals surface area contributed by atoms with Gasteiger partial charge in [0.1, 0.15) is 53.8 Å². The van der Waals surface area contributed by atoms with Crippen LogP contribution in [-0.2, 0) is 33.1 Å². The number of carbonyl (C=O) groups excluding carboxylic acids is 2. The first-order chi connectivity index (χ1) is 37.1. The smallest absolute Gasteiger partial charge is 0.343 e. The van der Waals surface area contributed by atoms with Crippen LogP contribution in [0.5, 0.6) is 11.8 Å². The molecule has 4 aromatic heterocycles. The zero-order valence-electron chi connectivity index (χ0n) is 41.6. The van der Waals surface area contributed by atoms with Gasteiger partial charge in [-0.05, 0) is 80.4 Å². The maximum atomic E-state index is 17.4. The number of esters is 1. The van der Waals surface area contributed by atoms with Crippen LogP contribution in [-0.4, -0.2) is 120 Å². The van der Waals surface area contributed by atoms with Gasteiger partial charge in [-0.15, -0.1) is 6.42 Å². The first kappa shape index (κ1) is 48.5. The van der Waals surface area contributed by atoms with Crippen molar-refractivity contribution in [3.63, 3.8) is 0 Å². The molecule has 3 aromatic carbocycles. The molecule has 2 bridgehead atoms. The van der Waals surface area contributed by atoms with Crippen molar-refractivity contribution in [1.29, 1.82) is 0 Å². The normalized spacial score (nSPS) is 23.2. The predicted octanol–water partition coefficient (Wildman–Crippen LogP) is 7.15. The lowest BCUT2D eigenvalue weighted by Crippen LogP contribution is -2.56. The molecule has 16 nitrogen and oxygen atoms in total. The van der Waals surface area contributed by atoms with Crippen LogP contribution in [0.1, 0.15) is 67.7 Å². The van der Waals surface area contributed by atoms with Crippen molar-refractivity contribution in [2.24, 2.45) is 0 Å². The number of alkyl halides is 1. The van der Waals surface area contributed by atoms with Crippen LogP contribution in [0.25, 0.3) is 55.2 Å². The Kier molecular flexibility index (Phi) is 11.2. The third-order valence-electron chi connectivity index (χ3n) is 16.7. The number of pyridine rings is 3. The fraction of sp³-hybridized carbons (Fsp3) is 0.351. The zero-order valence-corrected chi connectivity index (χ0v) is 41.6. The number of rotatable bonds is 10. The summed E-state index contributed by atoms with van der Waals surface area (Å²) in [6, 6.07) is 10.7. The number of aromatic hydroxyl groups is 1. The standard InChI is InChI=1S/C57H49F4N9O7/c1-4-36-41(59)10-7-29-14-35(71)16-37(46(29)36)49-47(61)50-38(21-63-49)51(66-55(65-50)77-27-56-11-6-12-68(56)23-32(58)19-56)67-24-33-8-9-34(25-67)70(33)52(72)28(3)20-62-44-15-30-13-31-22-69-45(48(31)64-43(30)18-42(44)60)17-40-39(53(69)73)26-76-54(74)57(40,75)5-2/h1,7,10,13-18,21,32-34,62,71,75H,3,5-6,8-9,11-12,19-20,22-27H2,2H3. The Morgan fingerprint density at radius 3 is 2.60 bits per heavy atom. The molecule has 4 fully saturated rings. The summed E-state index contributed by atoms with van der Waals surface area (Å²) in [6.07, 6.45) is 9.29.